The van der Waals surface area contributed by atoms with Crippen molar-refractivity contribution in [2.24, 2.45) is 17.3 Å². The predicted octanol–water partition coefficient (Wildman–Crippen LogP) is 20.8. The Hall–Kier alpha value is -9.05. The normalized spacial score (nSPS) is 16.0. The zero-order chi connectivity index (χ0) is 76.3. The molecule has 6 aliphatic rings. The van der Waals surface area contributed by atoms with E-state index < -0.39 is 0 Å². The number of rotatable bonds is 4. The van der Waals surface area contributed by atoms with Crippen molar-refractivity contribution in [1.29, 1.82) is 0 Å². The second-order valence-electron chi connectivity index (χ2n) is 34.0. The molecule has 3 aliphatic heterocycles. The molecule has 16 heteroatoms. The molecular weight excluding hydrogens is 1310 g/mol. The molecule has 7 aromatic heterocycles. The van der Waals surface area contributed by atoms with E-state index >= 15 is 0 Å². The van der Waals surface area contributed by atoms with Gasteiger partial charge in [-0.3, -0.25) is 29.6 Å². The minimum Gasteiger partial charge on any atom is -0.489 e. The Kier molecular flexibility index (Phi) is 28.3. The van der Waals surface area contributed by atoms with Crippen LogP contribution in [0.3, 0.4) is 0 Å². The number of hydrogen-bond donors (Lipinski definition) is 3. The van der Waals surface area contributed by atoms with Crippen molar-refractivity contribution in [1.82, 2.24) is 49.7 Å². The summed E-state index contributed by atoms with van der Waals surface area (Å²) in [6.45, 7) is 47.8. The summed E-state index contributed by atoms with van der Waals surface area (Å²) in [6.07, 6.45) is 23.8. The largest absolute Gasteiger partial charge is 0.489 e. The molecule has 10 heterocycles. The van der Waals surface area contributed by atoms with E-state index in [9.17, 15) is 0 Å². The third kappa shape index (κ3) is 23.2. The maximum atomic E-state index is 5.70. The second kappa shape index (κ2) is 37.0. The average Bonchev–Trinajstić information content (AvgIpc) is 1.55. The molecule has 566 valence electrons. The van der Waals surface area contributed by atoms with Crippen LogP contribution in [0.5, 0.6) is 17.2 Å². The molecule has 0 fully saturated rings. The summed E-state index contributed by atoms with van der Waals surface area (Å²) in [4.78, 5) is 35.3. The van der Waals surface area contributed by atoms with E-state index in [-0.39, 0.29) is 21.8 Å². The van der Waals surface area contributed by atoms with E-state index in [2.05, 4.69) is 248 Å². The summed E-state index contributed by atoms with van der Waals surface area (Å²) in [6, 6.07) is 37.5. The lowest BCUT2D eigenvalue weighted by Crippen LogP contribution is -2.41. The van der Waals surface area contributed by atoms with Crippen molar-refractivity contribution in [2.45, 2.75) is 243 Å². The number of fused-ring (bicyclic) bond motifs is 8. The van der Waals surface area contributed by atoms with Gasteiger partial charge in [-0.15, -0.1) is 0 Å². The second-order valence-corrected chi connectivity index (χ2v) is 34.0. The van der Waals surface area contributed by atoms with Crippen LogP contribution in [0.2, 0.25) is 0 Å². The Labute approximate surface area is 634 Å². The Morgan fingerprint density at radius 1 is 0.481 bits per heavy atom. The molecule has 0 saturated heterocycles. The quantitative estimate of drug-likeness (QED) is 0.151. The van der Waals surface area contributed by atoms with Crippen LogP contribution in [0.25, 0.3) is 22.1 Å². The van der Waals surface area contributed by atoms with Crippen LogP contribution in [-0.2, 0) is 54.9 Å². The summed E-state index contributed by atoms with van der Waals surface area (Å²) in [7, 11) is 0. The zero-order valence-electron chi connectivity index (χ0n) is 67.6. The van der Waals surface area contributed by atoms with Gasteiger partial charge in [-0.2, -0.15) is 5.10 Å². The average molecular weight is 1440 g/mol. The Morgan fingerprint density at radius 2 is 1.15 bits per heavy atom. The molecule has 2 unspecified atom stereocenters. The van der Waals surface area contributed by atoms with Crippen molar-refractivity contribution in [3.63, 3.8) is 0 Å². The van der Waals surface area contributed by atoms with Gasteiger partial charge >= 0.3 is 0 Å². The summed E-state index contributed by atoms with van der Waals surface area (Å²) >= 11 is 0. The van der Waals surface area contributed by atoms with Gasteiger partial charge < -0.3 is 30.2 Å². The molecule has 3 aromatic carbocycles. The van der Waals surface area contributed by atoms with Crippen molar-refractivity contribution >= 4 is 39.4 Å². The summed E-state index contributed by atoms with van der Waals surface area (Å²) in [5.41, 5.74) is 19.9. The minimum atomic E-state index is 0.0914. The summed E-state index contributed by atoms with van der Waals surface area (Å²) in [5, 5.41) is 14.6. The van der Waals surface area contributed by atoms with Gasteiger partial charge in [0.15, 0.2) is 23.1 Å². The highest BCUT2D eigenvalue weighted by Gasteiger charge is 2.30. The molecule has 3 aliphatic carbocycles. The van der Waals surface area contributed by atoms with Gasteiger partial charge in [0, 0.05) is 70.9 Å². The molecular formula is C90H123N13O3. The van der Waals surface area contributed by atoms with E-state index in [1.54, 1.807) is 12.4 Å². The molecule has 10 aromatic rings. The number of para-hydroxylation sites is 4. The van der Waals surface area contributed by atoms with Gasteiger partial charge in [-0.1, -0.05) is 160 Å². The molecule has 0 spiro atoms. The monoisotopic (exact) mass is 1430 g/mol. The van der Waals surface area contributed by atoms with Crippen molar-refractivity contribution in [2.75, 3.05) is 48.9 Å². The van der Waals surface area contributed by atoms with Gasteiger partial charge in [-0.25, -0.2) is 15.0 Å². The van der Waals surface area contributed by atoms with Crippen molar-refractivity contribution in [3.8, 4) is 17.2 Å². The molecule has 2 atom stereocenters. The minimum absolute atomic E-state index is 0.0914. The fourth-order valence-electron chi connectivity index (χ4n) is 13.0. The van der Waals surface area contributed by atoms with Crippen LogP contribution in [-0.4, -0.2) is 88.6 Å². The van der Waals surface area contributed by atoms with Crippen molar-refractivity contribution < 1.29 is 14.2 Å². The van der Waals surface area contributed by atoms with Crippen LogP contribution in [0.1, 0.15) is 244 Å². The number of nitrogens with zero attached hydrogens (tertiary/aromatic N) is 10. The standard InChI is InChI=1S/C12H17NO.2C12H17N.2C11H16N2O.2C11H12N2.C10H16N2/c1-12(2,3)11-8-14-10-7-5-4-6-9(10)13-11;1-9(2)11-6-5-10-4-3-7-13-12(10)8-11;1-9(2)11-8-7-10-5-3-4-6-12(10)13-11;1-11(2,3)8-4-5-12-10-9(8)14-7-6-13-10;1-11(2,3)9-5-4-8-10(13-9)12-6-7-14-8;1-8(2)9-3-4-10-11(7-9)13-6-5-12-10;1-8(2)11-7-12-9-5-3-4-6-10(9)13-11;1-10(2,3)12-7-8-5-4-6-9(8)11-12/h4-7,11,13H,8H2,1-3H3;3-4,7,9,11H,5-6,8H2,1-2H3;7-9H,3-6H2,1-2H3;2*4-5H,6-7H2,1-3H3,(H,12,13);2*3-8H,1-2H3;7H,4-6H2,1-3H3. The smallest absolute Gasteiger partial charge is 0.169 e. The topological polar surface area (TPSA) is 185 Å². The van der Waals surface area contributed by atoms with Crippen LogP contribution >= 0.6 is 0 Å². The lowest BCUT2D eigenvalue weighted by Gasteiger charge is -2.36. The fraction of sp³-hybridized carbons (Fsp3) is 0.500. The zero-order valence-corrected chi connectivity index (χ0v) is 67.6. The highest BCUT2D eigenvalue weighted by Crippen LogP contribution is 2.38. The SMILES string of the molecule is CC(C)(C)C1COc2ccccc2N1.CC(C)(C)c1ccc2c(n1)NCCO2.CC(C)(C)c1ccnc2c1OCCN2.CC(C)(C)n1cc2c(n1)CCC2.CC(C)C1CCc2cccnc2C1.CC(C)c1ccc2c(n1)CCCC2.CC(C)c1ccc2nccnc2c1.CC(C)c1cnc2ccccc2n1. The van der Waals surface area contributed by atoms with Crippen LogP contribution < -0.4 is 30.2 Å². The van der Waals surface area contributed by atoms with Gasteiger partial charge in [0.25, 0.3) is 0 Å². The maximum absolute atomic E-state index is 5.70. The van der Waals surface area contributed by atoms with Crippen LogP contribution in [0.15, 0.2) is 146 Å². The lowest BCUT2D eigenvalue weighted by molar-refractivity contribution is 0.207. The molecule has 0 radical (unpaired) electrons. The van der Waals surface area contributed by atoms with Crippen molar-refractivity contribution in [3.05, 3.63) is 208 Å². The molecule has 0 bridgehead atoms. The summed E-state index contributed by atoms with van der Waals surface area (Å²) in [5.74, 6) is 7.71. The Balaban J connectivity index is 0.000000140. The third-order valence-corrected chi connectivity index (χ3v) is 19.9. The molecule has 16 nitrogen and oxygen atoms in total. The van der Waals surface area contributed by atoms with Gasteiger partial charge in [0.1, 0.15) is 25.6 Å². The van der Waals surface area contributed by atoms with E-state index in [4.69, 9.17) is 19.2 Å². The highest BCUT2D eigenvalue weighted by molar-refractivity contribution is 5.75. The number of benzene rings is 3. The van der Waals surface area contributed by atoms with E-state index in [1.165, 1.54) is 115 Å². The van der Waals surface area contributed by atoms with Crippen LogP contribution in [0.4, 0.5) is 17.3 Å². The number of aromatic nitrogens is 10. The maximum Gasteiger partial charge on any atom is 0.169 e. The summed E-state index contributed by atoms with van der Waals surface area (Å²) < 4.78 is 18.9. The molecule has 0 saturated carbocycles. The van der Waals surface area contributed by atoms with E-state index in [0.717, 1.165) is 113 Å². The fourth-order valence-corrected chi connectivity index (χ4v) is 13.0. The van der Waals surface area contributed by atoms with Gasteiger partial charge in [0.2, 0.25) is 0 Å². The molecule has 16 rings (SSSR count). The molecule has 0 amide bonds. The van der Waals surface area contributed by atoms with Gasteiger partial charge in [-0.05, 0) is 214 Å². The predicted molar refractivity (Wildman–Crippen MR) is 439 cm³/mol. The number of hydrogen-bond acceptors (Lipinski definition) is 15. The first kappa shape index (κ1) is 81.0. The van der Waals surface area contributed by atoms with Gasteiger partial charge in [0.05, 0.1) is 63.8 Å². The first-order valence-electron chi connectivity index (χ1n) is 39.0. The third-order valence-electron chi connectivity index (χ3n) is 19.9. The number of anilines is 3. The number of aryl methyl sites for hydroxylation is 5. The number of nitrogens with one attached hydrogen (secondary N) is 3. The Morgan fingerprint density at radius 3 is 1.85 bits per heavy atom. The highest BCUT2D eigenvalue weighted by atomic mass is 16.5. The molecule has 3 N–H and O–H groups in total. The van der Waals surface area contributed by atoms with E-state index in [0.29, 0.717) is 23.8 Å². The van der Waals surface area contributed by atoms with Crippen LogP contribution in [0, 0.1) is 17.3 Å². The number of pyridine rings is 4. The lowest BCUT2D eigenvalue weighted by atomic mass is 9.80. The first-order chi connectivity index (χ1) is 50.4. The first-order valence-corrected chi connectivity index (χ1v) is 39.0. The molecule has 106 heavy (non-hydrogen) atoms. The number of ether oxygens (including phenoxy) is 3. The Bertz CT molecular complexity index is 4310. The van der Waals surface area contributed by atoms with E-state index in [1.807, 2.05) is 85.3 Å².